The molecule has 0 fully saturated rings. The van der Waals surface area contributed by atoms with E-state index < -0.39 is 0 Å². The van der Waals surface area contributed by atoms with E-state index in [4.69, 9.17) is 0 Å². The molecular weight excluding hydrogens is 252 g/mol. The maximum absolute atomic E-state index is 11.7. The Morgan fingerprint density at radius 1 is 1.10 bits per heavy atom. The minimum atomic E-state index is -0.116. The van der Waals surface area contributed by atoms with Gasteiger partial charge in [0, 0.05) is 6.07 Å². The Kier molecular flexibility index (Phi) is 3.10. The first-order valence-corrected chi connectivity index (χ1v) is 6.65. The molecule has 0 aliphatic carbocycles. The van der Waals surface area contributed by atoms with Crippen LogP contribution in [0.15, 0.2) is 35.1 Å². The van der Waals surface area contributed by atoms with Gasteiger partial charge in [0.15, 0.2) is 0 Å². The predicted molar refractivity (Wildman–Crippen MR) is 77.8 cm³/mol. The summed E-state index contributed by atoms with van der Waals surface area (Å²) < 4.78 is 0. The van der Waals surface area contributed by atoms with Gasteiger partial charge in [-0.25, -0.2) is 9.97 Å². The summed E-state index contributed by atoms with van der Waals surface area (Å²) in [4.78, 5) is 26.6. The Morgan fingerprint density at radius 2 is 1.85 bits per heavy atom. The highest BCUT2D eigenvalue weighted by atomic mass is 16.1. The van der Waals surface area contributed by atoms with Crippen LogP contribution in [-0.4, -0.2) is 19.9 Å². The molecule has 102 valence electrons. The van der Waals surface area contributed by atoms with Crippen LogP contribution >= 0.6 is 0 Å². The zero-order valence-electron chi connectivity index (χ0n) is 11.5. The zero-order valence-corrected chi connectivity index (χ0v) is 11.5. The third-order valence-corrected chi connectivity index (χ3v) is 3.18. The lowest BCUT2D eigenvalue weighted by molar-refractivity contribution is 0.778. The van der Waals surface area contributed by atoms with Crippen LogP contribution < -0.4 is 5.56 Å². The third kappa shape index (κ3) is 2.47. The molecule has 0 saturated carbocycles. The fraction of sp³-hybridized carbons (Fsp3) is 0.267. The van der Waals surface area contributed by atoms with Gasteiger partial charge < -0.3 is 9.97 Å². The standard InChI is InChI=1S/C15H16N4O/c1-9(2)12-7-15(20)19-14(18-12)8-13-16-10-5-3-4-6-11(10)17-13/h3-7,9H,8H2,1-2H3,(H,16,17)(H,18,19,20). The van der Waals surface area contributed by atoms with Gasteiger partial charge in [-0.1, -0.05) is 26.0 Å². The molecule has 2 N–H and O–H groups in total. The molecule has 0 amide bonds. The fourth-order valence-corrected chi connectivity index (χ4v) is 2.16. The summed E-state index contributed by atoms with van der Waals surface area (Å²) in [5.74, 6) is 1.67. The number of hydrogen-bond acceptors (Lipinski definition) is 3. The number of aromatic amines is 2. The Labute approximate surface area is 116 Å². The Balaban J connectivity index is 1.96. The van der Waals surface area contributed by atoms with Gasteiger partial charge in [0.25, 0.3) is 5.56 Å². The molecule has 2 heterocycles. The van der Waals surface area contributed by atoms with Crippen molar-refractivity contribution in [3.8, 4) is 0 Å². The fourth-order valence-electron chi connectivity index (χ4n) is 2.16. The lowest BCUT2D eigenvalue weighted by Gasteiger charge is -2.05. The van der Waals surface area contributed by atoms with Gasteiger partial charge in [0.05, 0.1) is 23.1 Å². The molecule has 2 aromatic heterocycles. The highest BCUT2D eigenvalue weighted by Gasteiger charge is 2.08. The molecule has 0 spiro atoms. The van der Waals surface area contributed by atoms with Crippen LogP contribution in [0.3, 0.4) is 0 Å². The summed E-state index contributed by atoms with van der Waals surface area (Å²) in [6.45, 7) is 4.04. The van der Waals surface area contributed by atoms with Crippen LogP contribution in [-0.2, 0) is 6.42 Å². The molecule has 0 atom stereocenters. The Bertz CT molecular complexity index is 768. The van der Waals surface area contributed by atoms with E-state index in [1.807, 2.05) is 38.1 Å². The number of nitrogens with one attached hydrogen (secondary N) is 2. The largest absolute Gasteiger partial charge is 0.342 e. The minimum Gasteiger partial charge on any atom is -0.342 e. The lowest BCUT2D eigenvalue weighted by atomic mass is 10.1. The van der Waals surface area contributed by atoms with Crippen LogP contribution in [0, 0.1) is 0 Å². The first kappa shape index (κ1) is 12.6. The first-order valence-electron chi connectivity index (χ1n) is 6.65. The van der Waals surface area contributed by atoms with E-state index in [0.717, 1.165) is 22.6 Å². The smallest absolute Gasteiger partial charge is 0.251 e. The quantitative estimate of drug-likeness (QED) is 0.765. The summed E-state index contributed by atoms with van der Waals surface area (Å²) >= 11 is 0. The van der Waals surface area contributed by atoms with E-state index in [0.29, 0.717) is 12.2 Å². The van der Waals surface area contributed by atoms with Crippen molar-refractivity contribution in [3.63, 3.8) is 0 Å². The molecule has 0 aliphatic heterocycles. The maximum atomic E-state index is 11.7. The zero-order chi connectivity index (χ0) is 14.1. The lowest BCUT2D eigenvalue weighted by Crippen LogP contribution is -2.14. The highest BCUT2D eigenvalue weighted by Crippen LogP contribution is 2.13. The van der Waals surface area contributed by atoms with Crippen molar-refractivity contribution in [2.75, 3.05) is 0 Å². The van der Waals surface area contributed by atoms with Gasteiger partial charge in [-0.15, -0.1) is 0 Å². The molecule has 1 aromatic carbocycles. The molecule has 3 aromatic rings. The van der Waals surface area contributed by atoms with E-state index in [9.17, 15) is 4.79 Å². The van der Waals surface area contributed by atoms with Gasteiger partial charge in [0.1, 0.15) is 11.6 Å². The number of aromatic nitrogens is 4. The number of benzene rings is 1. The van der Waals surface area contributed by atoms with E-state index in [1.54, 1.807) is 6.07 Å². The van der Waals surface area contributed by atoms with Crippen molar-refractivity contribution in [2.45, 2.75) is 26.2 Å². The summed E-state index contributed by atoms with van der Waals surface area (Å²) in [5, 5.41) is 0. The van der Waals surface area contributed by atoms with E-state index >= 15 is 0 Å². The maximum Gasteiger partial charge on any atom is 0.251 e. The van der Waals surface area contributed by atoms with Gasteiger partial charge in [-0.05, 0) is 18.1 Å². The van der Waals surface area contributed by atoms with Crippen LogP contribution in [0.4, 0.5) is 0 Å². The average molecular weight is 268 g/mol. The summed E-state index contributed by atoms with van der Waals surface area (Å²) in [6, 6.07) is 9.39. The van der Waals surface area contributed by atoms with E-state index in [2.05, 4.69) is 19.9 Å². The Hall–Kier alpha value is -2.43. The number of nitrogens with zero attached hydrogens (tertiary/aromatic N) is 2. The van der Waals surface area contributed by atoms with Crippen LogP contribution in [0.25, 0.3) is 11.0 Å². The molecule has 0 unspecified atom stereocenters. The van der Waals surface area contributed by atoms with E-state index in [1.165, 1.54) is 0 Å². The number of H-pyrrole nitrogens is 2. The second-order valence-corrected chi connectivity index (χ2v) is 5.15. The van der Waals surface area contributed by atoms with Crippen molar-refractivity contribution in [3.05, 3.63) is 58.0 Å². The predicted octanol–water partition coefficient (Wildman–Crippen LogP) is 2.36. The Morgan fingerprint density at radius 3 is 2.60 bits per heavy atom. The molecule has 3 rings (SSSR count). The monoisotopic (exact) mass is 268 g/mol. The average Bonchev–Trinajstić information content (AvgIpc) is 2.79. The molecular formula is C15H16N4O. The van der Waals surface area contributed by atoms with Crippen LogP contribution in [0.2, 0.25) is 0 Å². The molecule has 0 saturated heterocycles. The third-order valence-electron chi connectivity index (χ3n) is 3.18. The summed E-state index contributed by atoms with van der Waals surface area (Å²) in [7, 11) is 0. The van der Waals surface area contributed by atoms with Crippen molar-refractivity contribution in [1.29, 1.82) is 0 Å². The van der Waals surface area contributed by atoms with Crippen molar-refractivity contribution in [2.24, 2.45) is 0 Å². The number of para-hydroxylation sites is 2. The highest BCUT2D eigenvalue weighted by molar-refractivity contribution is 5.74. The number of rotatable bonds is 3. The second-order valence-electron chi connectivity index (χ2n) is 5.15. The minimum absolute atomic E-state index is 0.116. The SMILES string of the molecule is CC(C)c1cc(=O)[nH]c(Cc2nc3ccccc3[nH]2)n1. The summed E-state index contributed by atoms with van der Waals surface area (Å²) in [5.41, 5.74) is 2.60. The molecule has 5 heteroatoms. The van der Waals surface area contributed by atoms with Crippen molar-refractivity contribution < 1.29 is 0 Å². The van der Waals surface area contributed by atoms with Crippen LogP contribution in [0.1, 0.15) is 37.1 Å². The van der Waals surface area contributed by atoms with Crippen molar-refractivity contribution in [1.82, 2.24) is 19.9 Å². The summed E-state index contributed by atoms with van der Waals surface area (Å²) in [6.07, 6.45) is 0.491. The van der Waals surface area contributed by atoms with Gasteiger partial charge in [-0.3, -0.25) is 4.79 Å². The molecule has 0 radical (unpaired) electrons. The topological polar surface area (TPSA) is 74.4 Å². The molecule has 0 aliphatic rings. The van der Waals surface area contributed by atoms with Gasteiger partial charge in [0.2, 0.25) is 0 Å². The number of hydrogen-bond donors (Lipinski definition) is 2. The first-order chi connectivity index (χ1) is 9.61. The van der Waals surface area contributed by atoms with E-state index in [-0.39, 0.29) is 11.5 Å². The van der Waals surface area contributed by atoms with Gasteiger partial charge >= 0.3 is 0 Å². The van der Waals surface area contributed by atoms with Gasteiger partial charge in [-0.2, -0.15) is 0 Å². The number of fused-ring (bicyclic) bond motifs is 1. The molecule has 5 nitrogen and oxygen atoms in total. The number of imidazole rings is 1. The van der Waals surface area contributed by atoms with Crippen LogP contribution in [0.5, 0.6) is 0 Å². The molecule has 0 bridgehead atoms. The second kappa shape index (κ2) is 4.92. The normalized spacial score (nSPS) is 11.3. The van der Waals surface area contributed by atoms with Crippen molar-refractivity contribution >= 4 is 11.0 Å². The molecule has 20 heavy (non-hydrogen) atoms.